The van der Waals surface area contributed by atoms with Gasteiger partial charge in [0.05, 0.1) is 0 Å². The molecule has 2 aliphatic heterocycles. The molecule has 0 atom stereocenters. The highest BCUT2D eigenvalue weighted by molar-refractivity contribution is 5.93. The van der Waals surface area contributed by atoms with E-state index in [9.17, 15) is 9.18 Å². The smallest absolute Gasteiger partial charge is 0.227 e. The first kappa shape index (κ1) is 22.0. The van der Waals surface area contributed by atoms with Crippen LogP contribution in [0.2, 0.25) is 0 Å². The van der Waals surface area contributed by atoms with Crippen molar-refractivity contribution in [2.75, 3.05) is 38.0 Å². The monoisotopic (exact) mass is 423 g/mol. The van der Waals surface area contributed by atoms with Crippen LogP contribution in [0.5, 0.6) is 0 Å². The molecule has 2 aromatic carbocycles. The Labute approximate surface area is 185 Å². The molecule has 4 nitrogen and oxygen atoms in total. The first-order valence-corrected chi connectivity index (χ1v) is 11.8. The summed E-state index contributed by atoms with van der Waals surface area (Å²) in [4.78, 5) is 18.1. The molecule has 2 aliphatic rings. The van der Waals surface area contributed by atoms with Gasteiger partial charge in [-0.15, -0.1) is 0 Å². The van der Waals surface area contributed by atoms with Crippen LogP contribution in [0.25, 0.3) is 11.1 Å². The van der Waals surface area contributed by atoms with Gasteiger partial charge in [0.15, 0.2) is 0 Å². The van der Waals surface area contributed by atoms with Crippen LogP contribution < -0.4 is 5.32 Å². The number of rotatable bonds is 6. The zero-order chi connectivity index (χ0) is 21.6. The van der Waals surface area contributed by atoms with Crippen molar-refractivity contribution < 1.29 is 9.18 Å². The number of piperidine rings is 2. The zero-order valence-corrected chi connectivity index (χ0v) is 18.5. The summed E-state index contributed by atoms with van der Waals surface area (Å²) in [5.41, 5.74) is 2.49. The number of nitrogens with zero attached hydrogens (tertiary/aromatic N) is 2. The van der Waals surface area contributed by atoms with E-state index in [1.807, 2.05) is 30.3 Å². The maximum absolute atomic E-state index is 13.6. The molecule has 166 valence electrons. The first-order valence-electron chi connectivity index (χ1n) is 11.8. The van der Waals surface area contributed by atoms with Crippen molar-refractivity contribution in [2.45, 2.75) is 45.1 Å². The molecule has 0 saturated carbocycles. The lowest BCUT2D eigenvalue weighted by Gasteiger charge is -2.41. The van der Waals surface area contributed by atoms with Crippen LogP contribution in [0, 0.1) is 11.7 Å². The SMILES string of the molecule is CCCN1CCC(N2CCC(C(=O)Nc3cccc(-c4cccc(F)c4)c3)CC2)CC1. The summed E-state index contributed by atoms with van der Waals surface area (Å²) in [6, 6.07) is 14.9. The van der Waals surface area contributed by atoms with Gasteiger partial charge in [0, 0.05) is 17.6 Å². The summed E-state index contributed by atoms with van der Waals surface area (Å²) in [7, 11) is 0. The highest BCUT2D eigenvalue weighted by Gasteiger charge is 2.30. The number of carbonyl (C=O) groups is 1. The van der Waals surface area contributed by atoms with Gasteiger partial charge in [0.2, 0.25) is 5.91 Å². The lowest BCUT2D eigenvalue weighted by Crippen LogP contribution is -2.48. The molecule has 1 amide bonds. The Balaban J connectivity index is 1.28. The second kappa shape index (κ2) is 10.4. The fraction of sp³-hybridized carbons (Fsp3) is 0.500. The van der Waals surface area contributed by atoms with Crippen LogP contribution in [0.4, 0.5) is 10.1 Å². The van der Waals surface area contributed by atoms with Crippen molar-refractivity contribution >= 4 is 11.6 Å². The number of hydrogen-bond acceptors (Lipinski definition) is 3. The zero-order valence-electron chi connectivity index (χ0n) is 18.5. The third-order valence-electron chi connectivity index (χ3n) is 6.80. The maximum Gasteiger partial charge on any atom is 0.227 e. The third-order valence-corrected chi connectivity index (χ3v) is 6.80. The van der Waals surface area contributed by atoms with Crippen LogP contribution in [-0.4, -0.2) is 54.5 Å². The second-order valence-electron chi connectivity index (χ2n) is 8.96. The number of amides is 1. The average molecular weight is 424 g/mol. The molecular formula is C26H34FN3O. The highest BCUT2D eigenvalue weighted by Crippen LogP contribution is 2.27. The van der Waals surface area contributed by atoms with Crippen molar-refractivity contribution in [3.8, 4) is 11.1 Å². The van der Waals surface area contributed by atoms with Crippen LogP contribution in [0.3, 0.4) is 0 Å². The van der Waals surface area contributed by atoms with E-state index >= 15 is 0 Å². The number of benzene rings is 2. The van der Waals surface area contributed by atoms with E-state index in [2.05, 4.69) is 22.0 Å². The van der Waals surface area contributed by atoms with Crippen molar-refractivity contribution in [1.82, 2.24) is 9.80 Å². The molecule has 0 aromatic heterocycles. The Bertz CT molecular complexity index is 870. The van der Waals surface area contributed by atoms with E-state index in [1.54, 1.807) is 6.07 Å². The van der Waals surface area contributed by atoms with Gasteiger partial charge in [-0.3, -0.25) is 4.79 Å². The number of carbonyl (C=O) groups excluding carboxylic acids is 1. The number of halogens is 1. The molecule has 5 heteroatoms. The van der Waals surface area contributed by atoms with Gasteiger partial charge in [0.1, 0.15) is 5.82 Å². The molecule has 0 radical (unpaired) electrons. The van der Waals surface area contributed by atoms with Crippen molar-refractivity contribution in [2.24, 2.45) is 5.92 Å². The predicted octanol–water partition coefficient (Wildman–Crippen LogP) is 5.02. The first-order chi connectivity index (χ1) is 15.1. The Kier molecular flexibility index (Phi) is 7.36. The fourth-order valence-electron chi connectivity index (χ4n) is 5.04. The maximum atomic E-state index is 13.6. The summed E-state index contributed by atoms with van der Waals surface area (Å²) in [6.07, 6.45) is 5.58. The van der Waals surface area contributed by atoms with E-state index in [0.717, 1.165) is 42.7 Å². The Morgan fingerprint density at radius 2 is 1.65 bits per heavy atom. The number of nitrogens with one attached hydrogen (secondary N) is 1. The molecule has 0 bridgehead atoms. The van der Waals surface area contributed by atoms with Gasteiger partial charge in [-0.05, 0) is 100 Å². The summed E-state index contributed by atoms with van der Waals surface area (Å²) < 4.78 is 13.6. The molecule has 0 spiro atoms. The standard InChI is InChI=1S/C26H34FN3O/c1-2-13-29-14-11-25(12-15-29)30-16-9-20(10-17-30)26(31)28-24-8-4-6-22(19-24)21-5-3-7-23(27)18-21/h3-8,18-20,25H,2,9-17H2,1H3,(H,28,31). The van der Waals surface area contributed by atoms with Gasteiger partial charge >= 0.3 is 0 Å². The van der Waals surface area contributed by atoms with Crippen molar-refractivity contribution in [3.05, 3.63) is 54.3 Å². The van der Waals surface area contributed by atoms with Gasteiger partial charge < -0.3 is 15.1 Å². The highest BCUT2D eigenvalue weighted by atomic mass is 19.1. The Morgan fingerprint density at radius 1 is 0.968 bits per heavy atom. The molecule has 2 fully saturated rings. The Morgan fingerprint density at radius 3 is 2.32 bits per heavy atom. The molecule has 2 saturated heterocycles. The van der Waals surface area contributed by atoms with Gasteiger partial charge in [0.25, 0.3) is 0 Å². The molecular weight excluding hydrogens is 389 g/mol. The number of hydrogen-bond donors (Lipinski definition) is 1. The molecule has 2 aromatic rings. The van der Waals surface area contributed by atoms with E-state index in [-0.39, 0.29) is 17.6 Å². The quantitative estimate of drug-likeness (QED) is 0.709. The van der Waals surface area contributed by atoms with E-state index < -0.39 is 0 Å². The summed E-state index contributed by atoms with van der Waals surface area (Å²) >= 11 is 0. The second-order valence-corrected chi connectivity index (χ2v) is 8.96. The van der Waals surface area contributed by atoms with Crippen LogP contribution >= 0.6 is 0 Å². The van der Waals surface area contributed by atoms with Gasteiger partial charge in [-0.2, -0.15) is 0 Å². The van der Waals surface area contributed by atoms with Crippen LogP contribution in [0.15, 0.2) is 48.5 Å². The Hall–Kier alpha value is -2.24. The minimum absolute atomic E-state index is 0.0641. The topological polar surface area (TPSA) is 35.6 Å². The van der Waals surface area contributed by atoms with E-state index in [0.29, 0.717) is 6.04 Å². The third kappa shape index (κ3) is 5.72. The minimum Gasteiger partial charge on any atom is -0.326 e. The average Bonchev–Trinajstić information content (AvgIpc) is 2.80. The molecule has 2 heterocycles. The number of likely N-dealkylation sites (tertiary alicyclic amines) is 2. The largest absolute Gasteiger partial charge is 0.326 e. The molecule has 0 aliphatic carbocycles. The summed E-state index contributed by atoms with van der Waals surface area (Å²) in [5.74, 6) is -0.0854. The lowest BCUT2D eigenvalue weighted by molar-refractivity contribution is -0.121. The van der Waals surface area contributed by atoms with Crippen molar-refractivity contribution in [3.63, 3.8) is 0 Å². The summed E-state index contributed by atoms with van der Waals surface area (Å²) in [5, 5.41) is 3.09. The fourth-order valence-corrected chi connectivity index (χ4v) is 5.04. The molecule has 1 N–H and O–H groups in total. The van der Waals surface area contributed by atoms with Crippen LogP contribution in [-0.2, 0) is 4.79 Å². The summed E-state index contributed by atoms with van der Waals surface area (Å²) in [6.45, 7) is 7.91. The van der Waals surface area contributed by atoms with Crippen molar-refractivity contribution in [1.29, 1.82) is 0 Å². The number of anilines is 1. The van der Waals surface area contributed by atoms with Crippen LogP contribution in [0.1, 0.15) is 39.0 Å². The van der Waals surface area contributed by atoms with Gasteiger partial charge in [-0.25, -0.2) is 4.39 Å². The normalized spacial score (nSPS) is 19.4. The lowest BCUT2D eigenvalue weighted by atomic mass is 9.92. The predicted molar refractivity (Wildman–Crippen MR) is 125 cm³/mol. The minimum atomic E-state index is -0.255. The molecule has 31 heavy (non-hydrogen) atoms. The van der Waals surface area contributed by atoms with Gasteiger partial charge in [-0.1, -0.05) is 31.2 Å². The van der Waals surface area contributed by atoms with E-state index in [4.69, 9.17) is 0 Å². The molecule has 0 unspecified atom stereocenters. The molecule has 4 rings (SSSR count). The van der Waals surface area contributed by atoms with E-state index in [1.165, 1.54) is 51.0 Å².